The van der Waals surface area contributed by atoms with Crippen molar-refractivity contribution in [2.45, 2.75) is 0 Å². The van der Waals surface area contributed by atoms with E-state index in [9.17, 15) is 10.1 Å². The predicted octanol–water partition coefficient (Wildman–Crippen LogP) is 3.39. The number of benzene rings is 2. The molecule has 4 aromatic rings. The lowest BCUT2D eigenvalue weighted by atomic mass is 10.1. The first-order chi connectivity index (χ1) is 11.7. The van der Waals surface area contributed by atoms with Crippen LogP contribution in [0.1, 0.15) is 0 Å². The maximum atomic E-state index is 11.0. The Labute approximate surface area is 136 Å². The van der Waals surface area contributed by atoms with E-state index in [0.717, 1.165) is 16.6 Å². The summed E-state index contributed by atoms with van der Waals surface area (Å²) in [7, 11) is 0. The first-order valence-electron chi connectivity index (χ1n) is 7.23. The fraction of sp³-hybridized carbons (Fsp3) is 0. The van der Waals surface area contributed by atoms with E-state index in [2.05, 4.69) is 15.1 Å². The molecule has 0 amide bonds. The van der Waals surface area contributed by atoms with Gasteiger partial charge in [0.05, 0.1) is 16.0 Å². The second-order valence-electron chi connectivity index (χ2n) is 5.16. The molecule has 0 radical (unpaired) electrons. The third kappa shape index (κ3) is 2.28. The molecule has 0 saturated carbocycles. The summed E-state index contributed by atoms with van der Waals surface area (Å²) in [4.78, 5) is 19.0. The minimum absolute atomic E-state index is 0.00599. The van der Waals surface area contributed by atoms with Gasteiger partial charge < -0.3 is 0 Å². The fourth-order valence-corrected chi connectivity index (χ4v) is 2.59. The van der Waals surface area contributed by atoms with Crippen molar-refractivity contribution in [1.82, 2.24) is 19.7 Å². The monoisotopic (exact) mass is 317 g/mol. The van der Waals surface area contributed by atoms with Gasteiger partial charge in [0, 0.05) is 23.9 Å². The van der Waals surface area contributed by atoms with Gasteiger partial charge in [-0.05, 0) is 6.07 Å². The fourth-order valence-electron chi connectivity index (χ4n) is 2.59. The summed E-state index contributed by atoms with van der Waals surface area (Å²) in [6.45, 7) is 0. The highest BCUT2D eigenvalue weighted by molar-refractivity contribution is 5.91. The predicted molar refractivity (Wildman–Crippen MR) is 88.8 cm³/mol. The standard InChI is InChI=1S/C17H11N5O2/c23-22(24)14-8-4-7-13(9-14)21-17-15(10-18-11-19-17)16(20-21)12-5-2-1-3-6-12/h1-11H. The smallest absolute Gasteiger partial charge is 0.258 e. The SMILES string of the molecule is O=[N+]([O-])c1cccc(-n2nc(-c3ccccc3)c3cncnc32)c1. The number of non-ortho nitro benzene ring substituents is 1. The minimum Gasteiger partial charge on any atom is -0.258 e. The number of hydrogen-bond donors (Lipinski definition) is 0. The Morgan fingerprint density at radius 1 is 1.04 bits per heavy atom. The molecule has 2 aromatic carbocycles. The van der Waals surface area contributed by atoms with Crippen LogP contribution in [0.25, 0.3) is 28.0 Å². The average Bonchev–Trinajstić information content (AvgIpc) is 3.02. The summed E-state index contributed by atoms with van der Waals surface area (Å²) < 4.78 is 1.60. The van der Waals surface area contributed by atoms with E-state index < -0.39 is 4.92 Å². The Morgan fingerprint density at radius 2 is 1.88 bits per heavy atom. The van der Waals surface area contributed by atoms with E-state index in [1.54, 1.807) is 23.0 Å². The highest BCUT2D eigenvalue weighted by Gasteiger charge is 2.16. The van der Waals surface area contributed by atoms with Crippen molar-refractivity contribution in [3.63, 3.8) is 0 Å². The molecule has 0 aliphatic rings. The maximum Gasteiger partial charge on any atom is 0.271 e. The number of hydrogen-bond acceptors (Lipinski definition) is 5. The number of nitro benzene ring substituents is 1. The van der Waals surface area contributed by atoms with Gasteiger partial charge in [-0.25, -0.2) is 14.6 Å². The van der Waals surface area contributed by atoms with Crippen LogP contribution in [0.5, 0.6) is 0 Å². The van der Waals surface area contributed by atoms with E-state index in [-0.39, 0.29) is 5.69 Å². The Hall–Kier alpha value is -3.61. The third-order valence-electron chi connectivity index (χ3n) is 3.68. The molecule has 0 fully saturated rings. The van der Waals surface area contributed by atoms with Crippen LogP contribution in [0, 0.1) is 10.1 Å². The van der Waals surface area contributed by atoms with E-state index >= 15 is 0 Å². The summed E-state index contributed by atoms with van der Waals surface area (Å²) in [6, 6.07) is 16.0. The second-order valence-corrected chi connectivity index (χ2v) is 5.16. The van der Waals surface area contributed by atoms with Crippen LogP contribution in [0.15, 0.2) is 67.1 Å². The zero-order valence-corrected chi connectivity index (χ0v) is 12.4. The van der Waals surface area contributed by atoms with Gasteiger partial charge >= 0.3 is 0 Å². The highest BCUT2D eigenvalue weighted by atomic mass is 16.6. The lowest BCUT2D eigenvalue weighted by Crippen LogP contribution is -1.99. The summed E-state index contributed by atoms with van der Waals surface area (Å²) in [5.41, 5.74) is 2.85. The van der Waals surface area contributed by atoms with Crippen molar-refractivity contribution in [2.75, 3.05) is 0 Å². The molecule has 0 spiro atoms. The van der Waals surface area contributed by atoms with Gasteiger partial charge in [0.25, 0.3) is 5.69 Å². The van der Waals surface area contributed by atoms with Crippen molar-refractivity contribution in [3.05, 3.63) is 77.2 Å². The van der Waals surface area contributed by atoms with Crippen molar-refractivity contribution in [1.29, 1.82) is 0 Å². The van der Waals surface area contributed by atoms with Crippen LogP contribution in [0.3, 0.4) is 0 Å². The van der Waals surface area contributed by atoms with Gasteiger partial charge in [-0.15, -0.1) is 0 Å². The Balaban J connectivity index is 1.97. The van der Waals surface area contributed by atoms with Gasteiger partial charge in [-0.1, -0.05) is 36.4 Å². The molecule has 0 atom stereocenters. The Bertz CT molecular complexity index is 1040. The van der Waals surface area contributed by atoms with Crippen molar-refractivity contribution in [3.8, 4) is 16.9 Å². The van der Waals surface area contributed by atoms with Crippen LogP contribution in [0.4, 0.5) is 5.69 Å². The molecular weight excluding hydrogens is 306 g/mol. The molecule has 24 heavy (non-hydrogen) atoms. The van der Waals surface area contributed by atoms with Crippen molar-refractivity contribution < 1.29 is 4.92 Å². The van der Waals surface area contributed by atoms with Gasteiger partial charge in [-0.2, -0.15) is 5.10 Å². The molecule has 0 saturated heterocycles. The first-order valence-corrected chi connectivity index (χ1v) is 7.23. The van der Waals surface area contributed by atoms with E-state index in [1.165, 1.54) is 18.5 Å². The summed E-state index contributed by atoms with van der Waals surface area (Å²) in [5, 5.41) is 16.4. The molecule has 0 aliphatic carbocycles. The van der Waals surface area contributed by atoms with E-state index in [0.29, 0.717) is 11.3 Å². The Morgan fingerprint density at radius 3 is 2.67 bits per heavy atom. The van der Waals surface area contributed by atoms with Crippen LogP contribution in [-0.4, -0.2) is 24.7 Å². The van der Waals surface area contributed by atoms with Crippen molar-refractivity contribution in [2.24, 2.45) is 0 Å². The van der Waals surface area contributed by atoms with Gasteiger partial charge in [0.2, 0.25) is 0 Å². The third-order valence-corrected chi connectivity index (χ3v) is 3.68. The molecule has 0 bridgehead atoms. The van der Waals surface area contributed by atoms with Gasteiger partial charge in [-0.3, -0.25) is 10.1 Å². The largest absolute Gasteiger partial charge is 0.271 e. The Kier molecular flexibility index (Phi) is 3.24. The molecule has 0 N–H and O–H groups in total. The molecule has 2 aromatic heterocycles. The number of fused-ring (bicyclic) bond motifs is 1. The lowest BCUT2D eigenvalue weighted by molar-refractivity contribution is -0.384. The molecule has 0 unspecified atom stereocenters. The summed E-state index contributed by atoms with van der Waals surface area (Å²) in [5.74, 6) is 0. The minimum atomic E-state index is -0.428. The molecule has 4 rings (SSSR count). The van der Waals surface area contributed by atoms with Gasteiger partial charge in [0.1, 0.15) is 12.0 Å². The number of nitrogens with zero attached hydrogens (tertiary/aromatic N) is 5. The van der Waals surface area contributed by atoms with Crippen LogP contribution in [-0.2, 0) is 0 Å². The van der Waals surface area contributed by atoms with E-state index in [4.69, 9.17) is 0 Å². The molecule has 116 valence electrons. The molecule has 7 nitrogen and oxygen atoms in total. The number of rotatable bonds is 3. The van der Waals surface area contributed by atoms with Crippen LogP contribution in [0.2, 0.25) is 0 Å². The van der Waals surface area contributed by atoms with Crippen LogP contribution >= 0.6 is 0 Å². The number of aromatic nitrogens is 4. The topological polar surface area (TPSA) is 86.7 Å². The molecule has 0 aliphatic heterocycles. The molecule has 2 heterocycles. The average molecular weight is 317 g/mol. The summed E-state index contributed by atoms with van der Waals surface area (Å²) in [6.07, 6.45) is 3.14. The first kappa shape index (κ1) is 14.0. The number of nitro groups is 1. The quantitative estimate of drug-likeness (QED) is 0.427. The van der Waals surface area contributed by atoms with Crippen LogP contribution < -0.4 is 0 Å². The lowest BCUT2D eigenvalue weighted by Gasteiger charge is -2.02. The maximum absolute atomic E-state index is 11.0. The van der Waals surface area contributed by atoms with Crippen molar-refractivity contribution >= 4 is 16.7 Å². The zero-order valence-electron chi connectivity index (χ0n) is 12.4. The summed E-state index contributed by atoms with van der Waals surface area (Å²) >= 11 is 0. The molecular formula is C17H11N5O2. The van der Waals surface area contributed by atoms with E-state index in [1.807, 2.05) is 30.3 Å². The molecule has 7 heteroatoms. The zero-order chi connectivity index (χ0) is 16.5. The van der Waals surface area contributed by atoms with Gasteiger partial charge in [0.15, 0.2) is 5.65 Å². The second kappa shape index (κ2) is 5.54. The highest BCUT2D eigenvalue weighted by Crippen LogP contribution is 2.28. The normalized spacial score (nSPS) is 10.8.